The van der Waals surface area contributed by atoms with Gasteiger partial charge < -0.3 is 5.11 Å². The van der Waals surface area contributed by atoms with Gasteiger partial charge in [0.15, 0.2) is 0 Å². The Kier molecular flexibility index (Phi) is 3.77. The lowest BCUT2D eigenvalue weighted by atomic mass is 9.44. The predicted molar refractivity (Wildman–Crippen MR) is 92.3 cm³/mol. The van der Waals surface area contributed by atoms with Gasteiger partial charge in [-0.25, -0.2) is 0 Å². The van der Waals surface area contributed by atoms with Gasteiger partial charge >= 0.3 is 0 Å². The van der Waals surface area contributed by atoms with Crippen LogP contribution in [-0.4, -0.2) is 22.8 Å². The molecule has 8 atom stereocenters. The molecule has 0 amide bonds. The first-order valence-corrected chi connectivity index (χ1v) is 9.98. The fourth-order valence-electron chi connectivity index (χ4n) is 7.72. The molecule has 0 aromatic carbocycles. The third-order valence-electron chi connectivity index (χ3n) is 8.81. The van der Waals surface area contributed by atoms with Gasteiger partial charge in [0.05, 0.1) is 6.10 Å². The van der Waals surface area contributed by atoms with E-state index in [2.05, 4.69) is 13.8 Å². The number of rotatable bonds is 1. The summed E-state index contributed by atoms with van der Waals surface area (Å²) >= 11 is 0. The molecule has 4 saturated carbocycles. The quantitative estimate of drug-likeness (QED) is 0.795. The molecular formula is C21H32O3. The van der Waals surface area contributed by atoms with E-state index in [0.717, 1.165) is 44.9 Å². The van der Waals surface area contributed by atoms with Gasteiger partial charge in [-0.2, -0.15) is 0 Å². The molecule has 134 valence electrons. The molecule has 2 unspecified atom stereocenters. The number of aliphatic hydroxyl groups is 1. The highest BCUT2D eigenvalue weighted by Gasteiger charge is 2.63. The third kappa shape index (κ3) is 2.12. The van der Waals surface area contributed by atoms with Crippen molar-refractivity contribution in [3.05, 3.63) is 0 Å². The number of Topliss-reactive ketones (excluding diaryl/α,β-unsaturated/α-hetero) is 2. The monoisotopic (exact) mass is 332 g/mol. The molecule has 4 aliphatic rings. The molecule has 0 aromatic rings. The molecule has 3 nitrogen and oxygen atoms in total. The Labute approximate surface area is 145 Å². The number of hydrogen-bond donors (Lipinski definition) is 1. The van der Waals surface area contributed by atoms with E-state index in [-0.39, 0.29) is 34.6 Å². The molecule has 4 aliphatic carbocycles. The highest BCUT2D eigenvalue weighted by atomic mass is 16.3. The molecule has 0 bridgehead atoms. The van der Waals surface area contributed by atoms with Gasteiger partial charge in [0.1, 0.15) is 11.6 Å². The number of ketones is 2. The summed E-state index contributed by atoms with van der Waals surface area (Å²) in [6.45, 7) is 6.28. The van der Waals surface area contributed by atoms with E-state index in [1.54, 1.807) is 6.92 Å². The molecule has 24 heavy (non-hydrogen) atoms. The van der Waals surface area contributed by atoms with E-state index >= 15 is 0 Å². The second-order valence-corrected chi connectivity index (χ2v) is 9.85. The van der Waals surface area contributed by atoms with Crippen LogP contribution in [0.2, 0.25) is 0 Å². The standard InChI is InChI=1S/C21H32O3/c1-12(22)16-6-7-17-15-5-4-13-10-14(23)8-9-20(13,2)19(15)18(24)11-21(16,17)3/h13-17,19,23H,4-11H2,1-3H3/t13-,14-,15?,16+,17-,19?,20-,21+/m0/s1. The van der Waals surface area contributed by atoms with Gasteiger partial charge in [-0.3, -0.25) is 9.59 Å². The lowest BCUT2D eigenvalue weighted by Crippen LogP contribution is -2.58. The first-order chi connectivity index (χ1) is 11.3. The zero-order valence-corrected chi connectivity index (χ0v) is 15.4. The first kappa shape index (κ1) is 16.8. The van der Waals surface area contributed by atoms with Gasteiger partial charge in [-0.1, -0.05) is 13.8 Å². The normalized spacial score (nSPS) is 53.9. The Morgan fingerprint density at radius 1 is 1.08 bits per heavy atom. The van der Waals surface area contributed by atoms with Gasteiger partial charge in [-0.05, 0) is 80.5 Å². The average molecular weight is 332 g/mol. The number of aliphatic hydroxyl groups excluding tert-OH is 1. The lowest BCUT2D eigenvalue weighted by molar-refractivity contribution is -0.162. The number of carbonyl (C=O) groups excluding carboxylic acids is 2. The van der Waals surface area contributed by atoms with Gasteiger partial charge in [-0.15, -0.1) is 0 Å². The fourth-order valence-corrected chi connectivity index (χ4v) is 7.72. The maximum absolute atomic E-state index is 13.3. The Morgan fingerprint density at radius 3 is 2.54 bits per heavy atom. The zero-order valence-electron chi connectivity index (χ0n) is 15.4. The fraction of sp³-hybridized carbons (Fsp3) is 0.905. The summed E-state index contributed by atoms with van der Waals surface area (Å²) in [5.41, 5.74) is -0.0175. The summed E-state index contributed by atoms with van der Waals surface area (Å²) in [5.74, 6) is 2.48. The summed E-state index contributed by atoms with van der Waals surface area (Å²) < 4.78 is 0. The molecule has 0 aliphatic heterocycles. The summed E-state index contributed by atoms with van der Waals surface area (Å²) in [6, 6.07) is 0. The van der Waals surface area contributed by atoms with Crippen molar-refractivity contribution in [2.45, 2.75) is 78.2 Å². The smallest absolute Gasteiger partial charge is 0.137 e. The summed E-state index contributed by atoms with van der Waals surface area (Å²) in [4.78, 5) is 25.5. The second kappa shape index (κ2) is 5.40. The van der Waals surface area contributed by atoms with Crippen LogP contribution < -0.4 is 0 Å². The molecule has 1 N–H and O–H groups in total. The van der Waals surface area contributed by atoms with Crippen LogP contribution >= 0.6 is 0 Å². The van der Waals surface area contributed by atoms with Crippen molar-refractivity contribution >= 4 is 11.6 Å². The van der Waals surface area contributed by atoms with Crippen molar-refractivity contribution in [1.82, 2.24) is 0 Å². The summed E-state index contributed by atoms with van der Waals surface area (Å²) in [6.07, 6.45) is 7.53. The average Bonchev–Trinajstić information content (AvgIpc) is 2.84. The Morgan fingerprint density at radius 2 is 1.83 bits per heavy atom. The molecule has 0 spiro atoms. The summed E-state index contributed by atoms with van der Waals surface area (Å²) in [7, 11) is 0. The molecule has 3 heteroatoms. The third-order valence-corrected chi connectivity index (χ3v) is 8.81. The van der Waals surface area contributed by atoms with Gasteiger partial charge in [0, 0.05) is 18.3 Å². The minimum Gasteiger partial charge on any atom is -0.393 e. The Balaban J connectivity index is 1.68. The van der Waals surface area contributed by atoms with Crippen LogP contribution in [0, 0.1) is 40.4 Å². The van der Waals surface area contributed by atoms with E-state index < -0.39 is 0 Å². The van der Waals surface area contributed by atoms with Crippen molar-refractivity contribution in [3.8, 4) is 0 Å². The maximum Gasteiger partial charge on any atom is 0.137 e. The van der Waals surface area contributed by atoms with Crippen LogP contribution in [0.1, 0.15) is 72.1 Å². The molecule has 0 saturated heterocycles. The van der Waals surface area contributed by atoms with Crippen LogP contribution in [0.25, 0.3) is 0 Å². The van der Waals surface area contributed by atoms with E-state index in [1.807, 2.05) is 0 Å². The van der Waals surface area contributed by atoms with E-state index in [4.69, 9.17) is 0 Å². The largest absolute Gasteiger partial charge is 0.393 e. The minimum absolute atomic E-state index is 0.0782. The highest BCUT2D eigenvalue weighted by molar-refractivity contribution is 5.87. The van der Waals surface area contributed by atoms with Crippen LogP contribution in [0.5, 0.6) is 0 Å². The topological polar surface area (TPSA) is 54.4 Å². The van der Waals surface area contributed by atoms with Crippen LogP contribution in [-0.2, 0) is 9.59 Å². The van der Waals surface area contributed by atoms with Gasteiger partial charge in [0.25, 0.3) is 0 Å². The number of hydrogen-bond acceptors (Lipinski definition) is 3. The molecule has 4 rings (SSSR count). The SMILES string of the molecule is CC(=O)[C@H]1CC[C@H]2C3CC[C@H]4C[C@@H](O)CC[C@]4(C)C3C(=O)C[C@]12C. The highest BCUT2D eigenvalue weighted by Crippen LogP contribution is 2.66. The van der Waals surface area contributed by atoms with Gasteiger partial charge in [0.2, 0.25) is 0 Å². The first-order valence-electron chi connectivity index (χ1n) is 9.98. The van der Waals surface area contributed by atoms with Crippen molar-refractivity contribution < 1.29 is 14.7 Å². The van der Waals surface area contributed by atoms with Crippen molar-refractivity contribution in [2.24, 2.45) is 40.4 Å². The van der Waals surface area contributed by atoms with E-state index in [1.165, 1.54) is 0 Å². The van der Waals surface area contributed by atoms with Crippen LogP contribution in [0.15, 0.2) is 0 Å². The summed E-state index contributed by atoms with van der Waals surface area (Å²) in [5, 5.41) is 10.1. The number of carbonyl (C=O) groups is 2. The molecular weight excluding hydrogens is 300 g/mol. The molecule has 4 fully saturated rings. The van der Waals surface area contributed by atoms with E-state index in [9.17, 15) is 14.7 Å². The minimum atomic E-state index is -0.169. The predicted octanol–water partition coefficient (Wildman–Crippen LogP) is 3.77. The molecule has 0 heterocycles. The number of fused-ring (bicyclic) bond motifs is 5. The van der Waals surface area contributed by atoms with Crippen molar-refractivity contribution in [2.75, 3.05) is 0 Å². The molecule has 0 aromatic heterocycles. The lowest BCUT2D eigenvalue weighted by Gasteiger charge is -2.59. The van der Waals surface area contributed by atoms with Crippen LogP contribution in [0.3, 0.4) is 0 Å². The Hall–Kier alpha value is -0.700. The van der Waals surface area contributed by atoms with Crippen molar-refractivity contribution in [3.63, 3.8) is 0 Å². The molecule has 0 radical (unpaired) electrons. The Bertz CT molecular complexity index is 569. The zero-order chi connectivity index (χ0) is 17.3. The maximum atomic E-state index is 13.3. The second-order valence-electron chi connectivity index (χ2n) is 9.85. The van der Waals surface area contributed by atoms with Crippen molar-refractivity contribution in [1.29, 1.82) is 0 Å². The van der Waals surface area contributed by atoms with Crippen LogP contribution in [0.4, 0.5) is 0 Å². The van der Waals surface area contributed by atoms with E-state index in [0.29, 0.717) is 30.0 Å².